The Balaban J connectivity index is 1.80. The third-order valence-electron chi connectivity index (χ3n) is 5.17. The monoisotopic (exact) mass is 419 g/mol. The molecule has 0 aromatic heterocycles. The molecular formula is C23H30ClNO4. The molecule has 3 rings (SSSR count). The van der Waals surface area contributed by atoms with Gasteiger partial charge in [0.1, 0.15) is 12.4 Å². The van der Waals surface area contributed by atoms with Crippen molar-refractivity contribution in [2.75, 3.05) is 27.4 Å². The Kier molecular flexibility index (Phi) is 7.28. The Bertz CT molecular complexity index is 840. The normalized spacial score (nSPS) is 15.4. The van der Waals surface area contributed by atoms with E-state index < -0.39 is 6.10 Å². The molecule has 1 aliphatic rings. The number of aliphatic hydroxyl groups excluding tert-OH is 1. The zero-order valence-corrected chi connectivity index (χ0v) is 18.3. The Morgan fingerprint density at radius 2 is 1.86 bits per heavy atom. The summed E-state index contributed by atoms with van der Waals surface area (Å²) in [6, 6.07) is 9.72. The predicted molar refractivity (Wildman–Crippen MR) is 115 cm³/mol. The number of halogens is 1. The van der Waals surface area contributed by atoms with Crippen molar-refractivity contribution in [1.82, 2.24) is 4.90 Å². The first-order valence-corrected chi connectivity index (χ1v) is 10.4. The summed E-state index contributed by atoms with van der Waals surface area (Å²) in [5.41, 5.74) is 3.00. The number of aliphatic hydroxyl groups is 1. The molecule has 5 nitrogen and oxygen atoms in total. The molecule has 0 unspecified atom stereocenters. The van der Waals surface area contributed by atoms with Gasteiger partial charge in [0.25, 0.3) is 0 Å². The Labute approximate surface area is 178 Å². The average Bonchev–Trinajstić information content (AvgIpc) is 2.89. The second-order valence-corrected chi connectivity index (χ2v) is 8.28. The van der Waals surface area contributed by atoms with Gasteiger partial charge in [0.05, 0.1) is 20.3 Å². The molecule has 6 heteroatoms. The summed E-state index contributed by atoms with van der Waals surface area (Å²) in [6.45, 7) is 7.01. The lowest BCUT2D eigenvalue weighted by molar-refractivity contribution is 0.151. The zero-order chi connectivity index (χ0) is 21.0. The van der Waals surface area contributed by atoms with Crippen LogP contribution in [0.2, 0.25) is 5.02 Å². The van der Waals surface area contributed by atoms with Crippen LogP contribution in [0.25, 0.3) is 0 Å². The van der Waals surface area contributed by atoms with Crippen molar-refractivity contribution in [3.8, 4) is 17.2 Å². The van der Waals surface area contributed by atoms with Crippen LogP contribution >= 0.6 is 11.6 Å². The SMILES string of the molecule is COc1cc(Cl)c(CN2CCOc3ccc([C@H](O)CC(C)C)cc3C2)cc1OC. The van der Waals surface area contributed by atoms with Crippen molar-refractivity contribution in [1.29, 1.82) is 0 Å². The van der Waals surface area contributed by atoms with Crippen LogP contribution in [-0.4, -0.2) is 37.4 Å². The summed E-state index contributed by atoms with van der Waals surface area (Å²) < 4.78 is 16.7. The second kappa shape index (κ2) is 9.70. The zero-order valence-electron chi connectivity index (χ0n) is 17.6. The fourth-order valence-corrected chi connectivity index (χ4v) is 3.87. The van der Waals surface area contributed by atoms with E-state index in [1.165, 1.54) is 0 Å². The number of fused-ring (bicyclic) bond motifs is 1. The van der Waals surface area contributed by atoms with Crippen LogP contribution in [-0.2, 0) is 13.1 Å². The van der Waals surface area contributed by atoms with Crippen molar-refractivity contribution in [2.45, 2.75) is 39.5 Å². The minimum atomic E-state index is -0.461. The van der Waals surface area contributed by atoms with Crippen LogP contribution in [0, 0.1) is 5.92 Å². The maximum Gasteiger partial charge on any atom is 0.162 e. The van der Waals surface area contributed by atoms with Gasteiger partial charge < -0.3 is 19.3 Å². The van der Waals surface area contributed by atoms with E-state index >= 15 is 0 Å². The van der Waals surface area contributed by atoms with Crippen LogP contribution in [0.15, 0.2) is 30.3 Å². The summed E-state index contributed by atoms with van der Waals surface area (Å²) in [7, 11) is 3.22. The van der Waals surface area contributed by atoms with Gasteiger partial charge in [0, 0.05) is 36.3 Å². The molecule has 0 radical (unpaired) electrons. The van der Waals surface area contributed by atoms with Crippen LogP contribution in [0.3, 0.4) is 0 Å². The third-order valence-corrected chi connectivity index (χ3v) is 5.52. The highest BCUT2D eigenvalue weighted by atomic mass is 35.5. The largest absolute Gasteiger partial charge is 0.493 e. The molecule has 1 atom stereocenters. The first-order chi connectivity index (χ1) is 13.9. The predicted octanol–water partition coefficient (Wildman–Crippen LogP) is 4.83. The molecule has 1 aliphatic heterocycles. The average molecular weight is 420 g/mol. The van der Waals surface area contributed by atoms with E-state index in [1.807, 2.05) is 18.2 Å². The van der Waals surface area contributed by atoms with Gasteiger partial charge in [-0.25, -0.2) is 0 Å². The number of nitrogens with zero attached hydrogens (tertiary/aromatic N) is 1. The first kappa shape index (κ1) is 21.8. The Morgan fingerprint density at radius 1 is 1.14 bits per heavy atom. The fraction of sp³-hybridized carbons (Fsp3) is 0.478. The molecule has 1 N–H and O–H groups in total. The van der Waals surface area contributed by atoms with Crippen molar-refractivity contribution in [3.63, 3.8) is 0 Å². The summed E-state index contributed by atoms with van der Waals surface area (Å²) in [6.07, 6.45) is 0.280. The van der Waals surface area contributed by atoms with Crippen LogP contribution < -0.4 is 14.2 Å². The highest BCUT2D eigenvalue weighted by Gasteiger charge is 2.20. The molecule has 0 amide bonds. The van der Waals surface area contributed by atoms with Crippen molar-refractivity contribution in [2.24, 2.45) is 5.92 Å². The van der Waals surface area contributed by atoms with Crippen LogP contribution in [0.1, 0.15) is 43.1 Å². The molecule has 0 saturated heterocycles. The third kappa shape index (κ3) is 5.35. The maximum atomic E-state index is 10.5. The highest BCUT2D eigenvalue weighted by molar-refractivity contribution is 6.31. The van der Waals surface area contributed by atoms with Crippen LogP contribution in [0.5, 0.6) is 17.2 Å². The standard InChI is InChI=1S/C23H30ClNO4/c1-15(2)9-20(26)16-5-6-21-18(10-16)14-25(7-8-29-21)13-17-11-22(27-3)23(28-4)12-19(17)24/h5-6,10-12,15,20,26H,7-9,13-14H2,1-4H3/t20-/m1/s1. The maximum absolute atomic E-state index is 10.5. The first-order valence-electron chi connectivity index (χ1n) is 9.97. The lowest BCUT2D eigenvalue weighted by Crippen LogP contribution is -2.25. The summed E-state index contributed by atoms with van der Waals surface area (Å²) in [5.74, 6) is 2.60. The Morgan fingerprint density at radius 3 is 2.55 bits per heavy atom. The van der Waals surface area contributed by atoms with Gasteiger partial charge in [-0.1, -0.05) is 31.5 Å². The number of ether oxygens (including phenoxy) is 3. The molecular weight excluding hydrogens is 390 g/mol. The molecule has 158 valence electrons. The molecule has 0 fully saturated rings. The lowest BCUT2D eigenvalue weighted by Gasteiger charge is -2.21. The van der Waals surface area contributed by atoms with Gasteiger partial charge >= 0.3 is 0 Å². The minimum Gasteiger partial charge on any atom is -0.493 e. The second-order valence-electron chi connectivity index (χ2n) is 7.87. The topological polar surface area (TPSA) is 51.2 Å². The number of rotatable bonds is 7. The fourth-order valence-electron chi connectivity index (χ4n) is 3.65. The van der Waals surface area contributed by atoms with Crippen molar-refractivity contribution >= 4 is 11.6 Å². The van der Waals surface area contributed by atoms with E-state index in [4.69, 9.17) is 25.8 Å². The Hall–Kier alpha value is -1.95. The number of methoxy groups -OCH3 is 2. The van der Waals surface area contributed by atoms with Gasteiger partial charge in [0.2, 0.25) is 0 Å². The van der Waals surface area contributed by atoms with E-state index in [0.29, 0.717) is 35.6 Å². The van der Waals surface area contributed by atoms with E-state index in [0.717, 1.165) is 42.0 Å². The van der Waals surface area contributed by atoms with E-state index in [1.54, 1.807) is 20.3 Å². The highest BCUT2D eigenvalue weighted by Crippen LogP contribution is 2.35. The molecule has 2 aromatic carbocycles. The van der Waals surface area contributed by atoms with E-state index in [2.05, 4.69) is 24.8 Å². The minimum absolute atomic E-state index is 0.434. The molecule has 29 heavy (non-hydrogen) atoms. The van der Waals surface area contributed by atoms with Gasteiger partial charge in [-0.15, -0.1) is 0 Å². The van der Waals surface area contributed by atoms with Gasteiger partial charge in [-0.2, -0.15) is 0 Å². The molecule has 0 bridgehead atoms. The number of hydrogen-bond donors (Lipinski definition) is 1. The smallest absolute Gasteiger partial charge is 0.162 e. The lowest BCUT2D eigenvalue weighted by atomic mass is 9.97. The van der Waals surface area contributed by atoms with E-state index in [-0.39, 0.29) is 0 Å². The van der Waals surface area contributed by atoms with Gasteiger partial charge in [-0.3, -0.25) is 4.90 Å². The summed E-state index contributed by atoms with van der Waals surface area (Å²) in [4.78, 5) is 2.29. The van der Waals surface area contributed by atoms with Crippen molar-refractivity contribution in [3.05, 3.63) is 52.0 Å². The molecule has 0 saturated carbocycles. The summed E-state index contributed by atoms with van der Waals surface area (Å²) in [5, 5.41) is 11.2. The molecule has 0 spiro atoms. The van der Waals surface area contributed by atoms with Gasteiger partial charge in [-0.05, 0) is 41.7 Å². The summed E-state index contributed by atoms with van der Waals surface area (Å²) >= 11 is 6.49. The van der Waals surface area contributed by atoms with Crippen LogP contribution in [0.4, 0.5) is 0 Å². The quantitative estimate of drug-likeness (QED) is 0.696. The van der Waals surface area contributed by atoms with Gasteiger partial charge in [0.15, 0.2) is 11.5 Å². The number of benzene rings is 2. The van der Waals surface area contributed by atoms with Crippen molar-refractivity contribution < 1.29 is 19.3 Å². The number of hydrogen-bond acceptors (Lipinski definition) is 5. The molecule has 1 heterocycles. The molecule has 0 aliphatic carbocycles. The van der Waals surface area contributed by atoms with E-state index in [9.17, 15) is 5.11 Å². The molecule has 2 aromatic rings.